The third kappa shape index (κ3) is 5.24. The zero-order chi connectivity index (χ0) is 20.8. The minimum Gasteiger partial charge on any atom is -0.491 e. The molecule has 2 heterocycles. The molecular formula is C23H26N4O3. The third-order valence-electron chi connectivity index (χ3n) is 5.08. The first-order valence-electron chi connectivity index (χ1n) is 10.2. The van der Waals surface area contributed by atoms with Crippen molar-refractivity contribution in [3.63, 3.8) is 0 Å². The van der Waals surface area contributed by atoms with Crippen LogP contribution in [0.25, 0.3) is 0 Å². The minimum atomic E-state index is -0.0150. The molecular weight excluding hydrogens is 380 g/mol. The molecule has 0 unspecified atom stereocenters. The summed E-state index contributed by atoms with van der Waals surface area (Å²) in [5, 5.41) is 4.04. The highest BCUT2D eigenvalue weighted by atomic mass is 16.5. The summed E-state index contributed by atoms with van der Waals surface area (Å²) in [6, 6.07) is 14.6. The van der Waals surface area contributed by atoms with Crippen molar-refractivity contribution in [2.75, 3.05) is 26.4 Å². The number of hydrogen-bond donors (Lipinski definition) is 0. The average Bonchev–Trinajstić information content (AvgIpc) is 3.24. The van der Waals surface area contributed by atoms with Crippen LogP contribution in [-0.4, -0.2) is 51.9 Å². The highest BCUT2D eigenvalue weighted by Gasteiger charge is 2.16. The molecule has 0 saturated heterocycles. The molecule has 156 valence electrons. The van der Waals surface area contributed by atoms with E-state index in [1.807, 2.05) is 17.0 Å². The van der Waals surface area contributed by atoms with Crippen LogP contribution in [0.5, 0.6) is 5.75 Å². The van der Waals surface area contributed by atoms with Gasteiger partial charge in [0.2, 0.25) is 5.91 Å². The van der Waals surface area contributed by atoms with Gasteiger partial charge in [0.1, 0.15) is 31.6 Å². The molecule has 1 aliphatic rings. The van der Waals surface area contributed by atoms with Gasteiger partial charge >= 0.3 is 0 Å². The molecule has 7 nitrogen and oxygen atoms in total. The first kappa shape index (κ1) is 20.1. The van der Waals surface area contributed by atoms with Gasteiger partial charge in [-0.1, -0.05) is 42.0 Å². The van der Waals surface area contributed by atoms with E-state index in [0.29, 0.717) is 32.9 Å². The van der Waals surface area contributed by atoms with Crippen LogP contribution in [-0.2, 0) is 29.0 Å². The van der Waals surface area contributed by atoms with E-state index in [-0.39, 0.29) is 12.5 Å². The van der Waals surface area contributed by atoms with E-state index in [1.165, 1.54) is 22.1 Å². The van der Waals surface area contributed by atoms with Crippen LogP contribution in [0.15, 0.2) is 55.1 Å². The zero-order valence-corrected chi connectivity index (χ0v) is 17.2. The number of rotatable bonds is 2. The van der Waals surface area contributed by atoms with E-state index in [2.05, 4.69) is 47.3 Å². The Morgan fingerprint density at radius 3 is 2.87 bits per heavy atom. The largest absolute Gasteiger partial charge is 0.491 e. The quantitative estimate of drug-likeness (QED) is 0.654. The zero-order valence-electron chi connectivity index (χ0n) is 17.2. The second-order valence-electron chi connectivity index (χ2n) is 7.48. The van der Waals surface area contributed by atoms with E-state index in [4.69, 9.17) is 9.47 Å². The highest BCUT2D eigenvalue weighted by molar-refractivity contribution is 5.75. The van der Waals surface area contributed by atoms with E-state index in [0.717, 1.165) is 23.3 Å². The molecule has 4 rings (SSSR count). The van der Waals surface area contributed by atoms with Crippen LogP contribution < -0.4 is 4.74 Å². The second-order valence-corrected chi connectivity index (χ2v) is 7.48. The first-order chi connectivity index (χ1) is 14.7. The van der Waals surface area contributed by atoms with Gasteiger partial charge in [-0.05, 0) is 29.7 Å². The Balaban J connectivity index is 1.57. The maximum absolute atomic E-state index is 12.9. The molecule has 7 heteroatoms. The van der Waals surface area contributed by atoms with Gasteiger partial charge in [0, 0.05) is 19.5 Å². The summed E-state index contributed by atoms with van der Waals surface area (Å²) in [4.78, 5) is 18.6. The molecule has 30 heavy (non-hydrogen) atoms. The number of benzene rings is 2. The molecule has 1 amide bonds. The van der Waals surface area contributed by atoms with Crippen molar-refractivity contribution in [1.82, 2.24) is 19.7 Å². The summed E-state index contributed by atoms with van der Waals surface area (Å²) in [6.07, 6.45) is 3.76. The van der Waals surface area contributed by atoms with Crippen LogP contribution in [0.3, 0.4) is 0 Å². The summed E-state index contributed by atoms with van der Waals surface area (Å²) in [5.41, 5.74) is 4.64. The topological polar surface area (TPSA) is 69.5 Å². The number of carbonyl (C=O) groups is 1. The Labute approximate surface area is 176 Å². The lowest BCUT2D eigenvalue weighted by atomic mass is 10.0. The van der Waals surface area contributed by atoms with Crippen LogP contribution in [0.2, 0.25) is 0 Å². The normalized spacial score (nSPS) is 15.0. The molecule has 1 aromatic heterocycles. The lowest BCUT2D eigenvalue weighted by Crippen LogP contribution is -2.36. The number of amides is 1. The first-order valence-corrected chi connectivity index (χ1v) is 10.2. The van der Waals surface area contributed by atoms with Gasteiger partial charge in [-0.15, -0.1) is 0 Å². The number of hydrogen-bond acceptors (Lipinski definition) is 5. The smallest absolute Gasteiger partial charge is 0.244 e. The second kappa shape index (κ2) is 9.54. The maximum atomic E-state index is 12.9. The molecule has 2 bridgehead atoms. The summed E-state index contributed by atoms with van der Waals surface area (Å²) < 4.78 is 13.3. The standard InChI is InChI=1S/C23H26N4O3/c1-18-5-6-22-21(11-18)13-19-3-2-4-20(12-19)14-26(7-8-29-9-10-30-22)23(28)15-27-17-24-16-25-27/h2-6,11-12,16-17H,7-10,13-15H2,1H3. The maximum Gasteiger partial charge on any atom is 0.244 e. The summed E-state index contributed by atoms with van der Waals surface area (Å²) in [7, 11) is 0. The van der Waals surface area contributed by atoms with Crippen LogP contribution in [0, 0.1) is 6.92 Å². The molecule has 1 aliphatic heterocycles. The van der Waals surface area contributed by atoms with Gasteiger partial charge in [-0.25, -0.2) is 9.67 Å². The van der Waals surface area contributed by atoms with E-state index in [9.17, 15) is 4.79 Å². The number of fused-ring (bicyclic) bond motifs is 3. The lowest BCUT2D eigenvalue weighted by Gasteiger charge is -2.23. The van der Waals surface area contributed by atoms with Crippen LogP contribution in [0.4, 0.5) is 0 Å². The number of nitrogens with zero attached hydrogens (tertiary/aromatic N) is 4. The molecule has 0 radical (unpaired) electrons. The van der Waals surface area contributed by atoms with Gasteiger partial charge in [0.05, 0.1) is 13.2 Å². The fraction of sp³-hybridized carbons (Fsp3) is 0.348. The van der Waals surface area contributed by atoms with Crippen molar-refractivity contribution in [3.05, 3.63) is 77.4 Å². The Morgan fingerprint density at radius 2 is 2.00 bits per heavy atom. The summed E-state index contributed by atoms with van der Waals surface area (Å²) >= 11 is 0. The van der Waals surface area contributed by atoms with Gasteiger partial charge < -0.3 is 14.4 Å². The molecule has 0 fully saturated rings. The number of aromatic nitrogens is 3. The van der Waals surface area contributed by atoms with Crippen LogP contribution in [0.1, 0.15) is 22.3 Å². The Kier molecular flexibility index (Phi) is 6.39. The van der Waals surface area contributed by atoms with Gasteiger partial charge in [-0.3, -0.25) is 4.79 Å². The van der Waals surface area contributed by atoms with Crippen molar-refractivity contribution >= 4 is 5.91 Å². The number of aryl methyl sites for hydroxylation is 1. The molecule has 3 aromatic rings. The molecule has 0 spiro atoms. The predicted octanol–water partition coefficient (Wildman–Crippen LogP) is 2.62. The summed E-state index contributed by atoms with van der Waals surface area (Å²) in [5.74, 6) is 0.884. The van der Waals surface area contributed by atoms with Crippen molar-refractivity contribution in [2.45, 2.75) is 26.4 Å². The fourth-order valence-corrected chi connectivity index (χ4v) is 3.60. The highest BCUT2D eigenvalue weighted by Crippen LogP contribution is 2.24. The van der Waals surface area contributed by atoms with Gasteiger partial charge in [-0.2, -0.15) is 5.10 Å². The number of ether oxygens (including phenoxy) is 2. The monoisotopic (exact) mass is 406 g/mol. The van der Waals surface area contributed by atoms with Crippen molar-refractivity contribution < 1.29 is 14.3 Å². The Bertz CT molecular complexity index is 988. The Morgan fingerprint density at radius 1 is 1.10 bits per heavy atom. The third-order valence-corrected chi connectivity index (χ3v) is 5.08. The average molecular weight is 406 g/mol. The molecule has 0 atom stereocenters. The minimum absolute atomic E-state index is 0.0150. The summed E-state index contributed by atoms with van der Waals surface area (Å²) in [6.45, 7) is 4.69. The SMILES string of the molecule is Cc1ccc2c(c1)Cc1cccc(c1)CN(C(=O)Cn1cncn1)CCOCCO2. The molecule has 0 N–H and O–H groups in total. The molecule has 0 aliphatic carbocycles. The van der Waals surface area contributed by atoms with Gasteiger partial charge in [0.25, 0.3) is 0 Å². The van der Waals surface area contributed by atoms with Crippen molar-refractivity contribution in [3.8, 4) is 5.75 Å². The predicted molar refractivity (Wildman–Crippen MR) is 112 cm³/mol. The van der Waals surface area contributed by atoms with E-state index in [1.54, 1.807) is 6.33 Å². The molecule has 0 saturated carbocycles. The molecule has 2 aromatic carbocycles. The van der Waals surface area contributed by atoms with Gasteiger partial charge in [0.15, 0.2) is 0 Å². The van der Waals surface area contributed by atoms with Crippen LogP contribution >= 0.6 is 0 Å². The fourth-order valence-electron chi connectivity index (χ4n) is 3.60. The van der Waals surface area contributed by atoms with Crippen molar-refractivity contribution in [1.29, 1.82) is 0 Å². The number of carbonyl (C=O) groups excluding carboxylic acids is 1. The lowest BCUT2D eigenvalue weighted by molar-refractivity contribution is -0.133. The Hall–Kier alpha value is -3.19. The van der Waals surface area contributed by atoms with E-state index >= 15 is 0 Å². The van der Waals surface area contributed by atoms with E-state index < -0.39 is 0 Å². The van der Waals surface area contributed by atoms with Crippen molar-refractivity contribution in [2.24, 2.45) is 0 Å².